The van der Waals surface area contributed by atoms with Crippen LogP contribution < -0.4 is 10.1 Å². The predicted molar refractivity (Wildman–Crippen MR) is 89.1 cm³/mol. The number of hydrogen-bond acceptors (Lipinski definition) is 3. The molecular weight excluding hydrogens is 290 g/mol. The van der Waals surface area contributed by atoms with Gasteiger partial charge in [0.1, 0.15) is 17.8 Å². The lowest BCUT2D eigenvalue weighted by atomic mass is 10.3. The summed E-state index contributed by atoms with van der Waals surface area (Å²) < 4.78 is 7.19. The first kappa shape index (κ1) is 14.8. The second-order valence-corrected chi connectivity index (χ2v) is 4.91. The van der Waals surface area contributed by atoms with E-state index < -0.39 is 0 Å². The number of carbonyl (C=O) groups excluding carboxylic acids is 1. The Kier molecular flexibility index (Phi) is 4.38. The number of aromatic nitrogens is 2. The average Bonchev–Trinajstić information content (AvgIpc) is 3.08. The molecule has 0 saturated carbocycles. The molecule has 0 atom stereocenters. The lowest BCUT2D eigenvalue weighted by Crippen LogP contribution is -2.12. The summed E-state index contributed by atoms with van der Waals surface area (Å²) in [6.45, 7) is 2.54. The van der Waals surface area contributed by atoms with E-state index in [1.807, 2.05) is 54.0 Å². The Labute approximate surface area is 134 Å². The lowest BCUT2D eigenvalue weighted by Gasteiger charge is -2.06. The zero-order valence-corrected chi connectivity index (χ0v) is 12.8. The van der Waals surface area contributed by atoms with E-state index in [9.17, 15) is 4.79 Å². The van der Waals surface area contributed by atoms with E-state index in [2.05, 4.69) is 10.3 Å². The summed E-state index contributed by atoms with van der Waals surface area (Å²) in [5.41, 5.74) is 2.02. The van der Waals surface area contributed by atoms with Gasteiger partial charge in [-0.2, -0.15) is 0 Å². The molecule has 0 aliphatic heterocycles. The standard InChI is InChI=1S/C18H17N3O2/c1-2-23-16-10-8-14(9-11-16)20-18(22)17-12-21(13-19-17)15-6-4-3-5-7-15/h3-13H,2H2,1H3,(H,20,22). The Balaban J connectivity index is 1.70. The molecule has 1 heterocycles. The molecule has 116 valence electrons. The fraction of sp³-hybridized carbons (Fsp3) is 0.111. The Hall–Kier alpha value is -3.08. The first-order valence-corrected chi connectivity index (χ1v) is 7.40. The summed E-state index contributed by atoms with van der Waals surface area (Å²) in [6.07, 6.45) is 3.33. The molecule has 5 nitrogen and oxygen atoms in total. The zero-order chi connectivity index (χ0) is 16.1. The van der Waals surface area contributed by atoms with Crippen LogP contribution in [0.2, 0.25) is 0 Å². The molecule has 2 aromatic carbocycles. The summed E-state index contributed by atoms with van der Waals surface area (Å²) in [5, 5.41) is 2.82. The van der Waals surface area contributed by atoms with Gasteiger partial charge < -0.3 is 14.6 Å². The molecule has 0 saturated heterocycles. The summed E-state index contributed by atoms with van der Waals surface area (Å²) in [4.78, 5) is 16.4. The van der Waals surface area contributed by atoms with Crippen LogP contribution in [0, 0.1) is 0 Å². The van der Waals surface area contributed by atoms with Crippen molar-refractivity contribution in [3.05, 3.63) is 72.8 Å². The van der Waals surface area contributed by atoms with E-state index in [0.29, 0.717) is 18.0 Å². The van der Waals surface area contributed by atoms with Gasteiger partial charge in [0.15, 0.2) is 0 Å². The van der Waals surface area contributed by atoms with Gasteiger partial charge in [-0.1, -0.05) is 18.2 Å². The van der Waals surface area contributed by atoms with Crippen molar-refractivity contribution in [1.82, 2.24) is 9.55 Å². The third kappa shape index (κ3) is 3.58. The van der Waals surface area contributed by atoms with Crippen LogP contribution in [0.4, 0.5) is 5.69 Å². The van der Waals surface area contributed by atoms with Crippen LogP contribution in [-0.4, -0.2) is 22.1 Å². The van der Waals surface area contributed by atoms with Crippen LogP contribution in [0.1, 0.15) is 17.4 Å². The number of nitrogens with one attached hydrogen (secondary N) is 1. The maximum absolute atomic E-state index is 12.3. The molecule has 23 heavy (non-hydrogen) atoms. The first-order valence-electron chi connectivity index (χ1n) is 7.40. The van der Waals surface area contributed by atoms with E-state index >= 15 is 0 Å². The summed E-state index contributed by atoms with van der Waals surface area (Å²) in [7, 11) is 0. The third-order valence-electron chi connectivity index (χ3n) is 3.29. The molecule has 3 aromatic rings. The maximum Gasteiger partial charge on any atom is 0.275 e. The topological polar surface area (TPSA) is 56.1 Å². The highest BCUT2D eigenvalue weighted by molar-refractivity contribution is 6.02. The molecule has 0 unspecified atom stereocenters. The largest absolute Gasteiger partial charge is 0.494 e. The van der Waals surface area contributed by atoms with Crippen molar-refractivity contribution in [2.24, 2.45) is 0 Å². The van der Waals surface area contributed by atoms with Gasteiger partial charge in [-0.15, -0.1) is 0 Å². The number of anilines is 1. The predicted octanol–water partition coefficient (Wildman–Crippen LogP) is 3.52. The van der Waals surface area contributed by atoms with Crippen molar-refractivity contribution in [3.63, 3.8) is 0 Å². The first-order chi connectivity index (χ1) is 11.3. The number of carbonyl (C=O) groups is 1. The molecule has 1 N–H and O–H groups in total. The molecule has 5 heteroatoms. The van der Waals surface area contributed by atoms with E-state index in [4.69, 9.17) is 4.74 Å². The third-order valence-corrected chi connectivity index (χ3v) is 3.29. The number of benzene rings is 2. The molecule has 3 rings (SSSR count). The van der Waals surface area contributed by atoms with Crippen LogP contribution >= 0.6 is 0 Å². The second kappa shape index (κ2) is 6.79. The number of imidazole rings is 1. The monoisotopic (exact) mass is 307 g/mol. The zero-order valence-electron chi connectivity index (χ0n) is 12.8. The van der Waals surface area contributed by atoms with Crippen molar-refractivity contribution >= 4 is 11.6 Å². The van der Waals surface area contributed by atoms with Crippen molar-refractivity contribution in [2.45, 2.75) is 6.92 Å². The molecule has 0 aliphatic carbocycles. The number of nitrogens with zero attached hydrogens (tertiary/aromatic N) is 2. The van der Waals surface area contributed by atoms with Gasteiger partial charge in [-0.3, -0.25) is 4.79 Å². The Morgan fingerprint density at radius 2 is 1.87 bits per heavy atom. The van der Waals surface area contributed by atoms with Crippen LogP contribution in [0.5, 0.6) is 5.75 Å². The van der Waals surface area contributed by atoms with Gasteiger partial charge in [0, 0.05) is 17.6 Å². The van der Waals surface area contributed by atoms with Gasteiger partial charge in [-0.05, 0) is 43.3 Å². The SMILES string of the molecule is CCOc1ccc(NC(=O)c2cn(-c3ccccc3)cn2)cc1. The fourth-order valence-corrected chi connectivity index (χ4v) is 2.18. The number of para-hydroxylation sites is 1. The van der Waals surface area contributed by atoms with Crippen LogP contribution in [0.15, 0.2) is 67.1 Å². The number of rotatable bonds is 5. The van der Waals surface area contributed by atoms with Crippen molar-refractivity contribution < 1.29 is 9.53 Å². The molecule has 0 bridgehead atoms. The van der Waals surface area contributed by atoms with Gasteiger partial charge in [0.25, 0.3) is 5.91 Å². The summed E-state index contributed by atoms with van der Waals surface area (Å²) in [6, 6.07) is 17.0. The summed E-state index contributed by atoms with van der Waals surface area (Å²) in [5.74, 6) is 0.530. The molecule has 0 spiro atoms. The normalized spacial score (nSPS) is 10.3. The highest BCUT2D eigenvalue weighted by Crippen LogP contribution is 2.16. The Bertz CT molecular complexity index is 780. The number of hydrogen-bond donors (Lipinski definition) is 1. The minimum Gasteiger partial charge on any atom is -0.494 e. The summed E-state index contributed by atoms with van der Waals surface area (Å²) >= 11 is 0. The number of amides is 1. The lowest BCUT2D eigenvalue weighted by molar-refractivity contribution is 0.102. The highest BCUT2D eigenvalue weighted by Gasteiger charge is 2.10. The van der Waals surface area contributed by atoms with Crippen LogP contribution in [0.3, 0.4) is 0 Å². The molecule has 0 fully saturated rings. The Morgan fingerprint density at radius 1 is 1.13 bits per heavy atom. The minimum atomic E-state index is -0.246. The molecule has 0 radical (unpaired) electrons. The fourth-order valence-electron chi connectivity index (χ4n) is 2.18. The van der Waals surface area contributed by atoms with Crippen LogP contribution in [0.25, 0.3) is 5.69 Å². The Morgan fingerprint density at radius 3 is 2.57 bits per heavy atom. The quantitative estimate of drug-likeness (QED) is 0.784. The maximum atomic E-state index is 12.3. The highest BCUT2D eigenvalue weighted by atomic mass is 16.5. The average molecular weight is 307 g/mol. The van der Waals surface area contributed by atoms with E-state index in [1.54, 1.807) is 24.7 Å². The molecule has 1 amide bonds. The van der Waals surface area contributed by atoms with Crippen molar-refractivity contribution in [2.75, 3.05) is 11.9 Å². The number of ether oxygens (including phenoxy) is 1. The van der Waals surface area contributed by atoms with Gasteiger partial charge in [0.05, 0.1) is 6.61 Å². The van der Waals surface area contributed by atoms with Gasteiger partial charge in [-0.25, -0.2) is 4.98 Å². The molecule has 0 aliphatic rings. The van der Waals surface area contributed by atoms with E-state index in [1.165, 1.54) is 0 Å². The second-order valence-electron chi connectivity index (χ2n) is 4.91. The van der Waals surface area contributed by atoms with E-state index in [0.717, 1.165) is 11.4 Å². The molecule has 1 aromatic heterocycles. The smallest absolute Gasteiger partial charge is 0.275 e. The van der Waals surface area contributed by atoms with Gasteiger partial charge in [0.2, 0.25) is 0 Å². The van der Waals surface area contributed by atoms with Gasteiger partial charge >= 0.3 is 0 Å². The van der Waals surface area contributed by atoms with E-state index in [-0.39, 0.29) is 5.91 Å². The van der Waals surface area contributed by atoms with Crippen LogP contribution in [-0.2, 0) is 0 Å². The minimum absolute atomic E-state index is 0.246. The van der Waals surface area contributed by atoms with Crippen molar-refractivity contribution in [1.29, 1.82) is 0 Å². The molecular formula is C18H17N3O2. The van der Waals surface area contributed by atoms with Crippen molar-refractivity contribution in [3.8, 4) is 11.4 Å².